The Hall–Kier alpha value is -4.31. The molecule has 0 bridgehead atoms. The van der Waals surface area contributed by atoms with E-state index in [0.717, 1.165) is 173 Å². The van der Waals surface area contributed by atoms with Crippen molar-refractivity contribution >= 4 is 33.6 Å². The topological polar surface area (TPSA) is 231 Å². The first-order chi connectivity index (χ1) is 46.2. The molecule has 0 rings (SSSR count). The predicted octanol–water partition coefficient (Wildman–Crippen LogP) is 20.8. The summed E-state index contributed by atoms with van der Waals surface area (Å²) in [6.45, 7) is 2.45. The van der Waals surface area contributed by atoms with Gasteiger partial charge in [-0.3, -0.25) is 32.5 Å². The molecule has 0 heterocycles. The Morgan fingerprint density at radius 2 is 0.558 bits per heavy atom. The minimum absolute atomic E-state index is 0.0806. The number of unbranched alkanes of at least 4 members (excludes halogenated alkanes) is 23. The second-order valence-electron chi connectivity index (χ2n) is 24.0. The lowest BCUT2D eigenvalue weighted by Gasteiger charge is -2.21. The molecule has 0 aromatic carbocycles. The lowest BCUT2D eigenvalue weighted by atomic mass is 10.1. The van der Waals surface area contributed by atoms with Crippen LogP contribution in [0.25, 0.3) is 0 Å². The van der Waals surface area contributed by atoms with E-state index in [1.165, 1.54) is 44.9 Å². The fourth-order valence-corrected chi connectivity index (χ4v) is 10.8. The molecule has 0 fully saturated rings. The molecule has 0 saturated carbocycles. The Bertz CT molecular complexity index is 2260. The maximum Gasteiger partial charge on any atom is 0.472 e. The van der Waals surface area contributed by atoms with Crippen molar-refractivity contribution in [1.82, 2.24) is 0 Å². The lowest BCUT2D eigenvalue weighted by molar-refractivity contribution is -0.161. The summed E-state index contributed by atoms with van der Waals surface area (Å²) in [6.07, 6.45) is 82.0. The van der Waals surface area contributed by atoms with E-state index in [1.54, 1.807) is 0 Å². The van der Waals surface area contributed by atoms with Crippen LogP contribution in [0.3, 0.4) is 0 Å². The van der Waals surface area contributed by atoms with Gasteiger partial charge >= 0.3 is 33.6 Å². The molecule has 0 aliphatic heterocycles. The summed E-state index contributed by atoms with van der Waals surface area (Å²) < 4.78 is 61.0. The van der Waals surface area contributed by atoms with Crippen molar-refractivity contribution in [3.63, 3.8) is 0 Å². The summed E-state index contributed by atoms with van der Waals surface area (Å²) in [7, 11) is -9.80. The lowest BCUT2D eigenvalue weighted by Crippen LogP contribution is -2.30. The molecule has 95 heavy (non-hydrogen) atoms. The number of carbonyl (C=O) groups excluding carboxylic acids is 3. The third-order valence-corrected chi connectivity index (χ3v) is 16.7. The monoisotopic (exact) mass is 1370 g/mol. The van der Waals surface area contributed by atoms with Crippen LogP contribution in [0.2, 0.25) is 0 Å². The second-order valence-corrected chi connectivity index (χ2v) is 26.9. The fraction of sp³-hybridized carbons (Fsp3) is 0.675. The number of rotatable bonds is 68. The van der Waals surface area contributed by atoms with Crippen LogP contribution in [0.15, 0.2) is 134 Å². The van der Waals surface area contributed by atoms with E-state index < -0.39 is 91.5 Å². The van der Waals surface area contributed by atoms with Gasteiger partial charge in [-0.1, -0.05) is 251 Å². The molecule has 0 aliphatic rings. The number of hydrogen-bond donors (Lipinski definition) is 4. The Morgan fingerprint density at radius 3 is 0.884 bits per heavy atom. The van der Waals surface area contributed by atoms with E-state index in [2.05, 4.69) is 154 Å². The van der Waals surface area contributed by atoms with E-state index in [1.807, 2.05) is 0 Å². The molecule has 5 atom stereocenters. The van der Waals surface area contributed by atoms with Crippen molar-refractivity contribution in [2.75, 3.05) is 39.6 Å². The third-order valence-electron chi connectivity index (χ3n) is 14.8. The van der Waals surface area contributed by atoms with Gasteiger partial charge in [0.15, 0.2) is 6.10 Å². The zero-order chi connectivity index (χ0) is 69.5. The highest BCUT2D eigenvalue weighted by atomic mass is 31.2. The van der Waals surface area contributed by atoms with Crippen LogP contribution in [0, 0.1) is 0 Å². The molecule has 0 saturated heterocycles. The normalized spacial score (nSPS) is 14.9. The van der Waals surface area contributed by atoms with E-state index in [0.29, 0.717) is 19.3 Å². The fourth-order valence-electron chi connectivity index (χ4n) is 9.26. The summed E-state index contributed by atoms with van der Waals surface area (Å²) in [4.78, 5) is 58.5. The van der Waals surface area contributed by atoms with E-state index >= 15 is 0 Å². The Kier molecular flexibility index (Phi) is 66.4. The summed E-state index contributed by atoms with van der Waals surface area (Å²) in [5.41, 5.74) is 0. The second kappa shape index (κ2) is 69.6. The highest BCUT2D eigenvalue weighted by molar-refractivity contribution is 7.47. The van der Waals surface area contributed by atoms with Gasteiger partial charge in [0, 0.05) is 19.3 Å². The third kappa shape index (κ3) is 70.8. The molecular formula is C77H130O16P2. The molecular weight excluding hydrogens is 1240 g/mol. The molecule has 0 aromatic rings. The van der Waals surface area contributed by atoms with Crippen molar-refractivity contribution < 1.29 is 75.8 Å². The van der Waals surface area contributed by atoms with Gasteiger partial charge in [-0.2, -0.15) is 0 Å². The van der Waals surface area contributed by atoms with Gasteiger partial charge in [-0.25, -0.2) is 9.13 Å². The SMILES string of the molecule is CC/C=C\C/C=C\C/C=C\C/C=C\C/C=C\CCCCCCCCCC(=O)OCC(O)COP(=O)(O)OCC(O)COP(=O)(O)OCC(COC(=O)CCCCCCC/C=C\C/C=C\C/C=C\C/C=C\CCCCC)OC(=O)CCCCCCC/C=C\C/C=C\CCCCC. The van der Waals surface area contributed by atoms with Gasteiger partial charge in [0.1, 0.15) is 25.4 Å². The molecule has 0 aliphatic carbocycles. The molecule has 0 spiro atoms. The van der Waals surface area contributed by atoms with Crippen LogP contribution in [0.1, 0.15) is 278 Å². The molecule has 0 amide bonds. The number of esters is 3. The van der Waals surface area contributed by atoms with Crippen LogP contribution in [-0.4, -0.2) is 95.9 Å². The standard InChI is InChI=1S/C77H130O16P2/c1-4-7-10-13-16-19-22-25-28-30-32-34-35-37-39-40-43-45-48-51-54-57-60-63-75(80)87-66-72(78)67-89-94(83,84)90-68-73(79)69-91-95(85,86)92-71-74(93-77(82)65-62-59-56-53-50-47-42-27-24-21-18-15-12-9-6-3)70-88-76(81)64-61-58-55-52-49-46-44-41-38-36-33-31-29-26-23-20-17-14-11-8-5-2/h7,10,16-21,25-29,32-34,36-37,39,41-42,44,72-74,78-79H,4-6,8-9,11-15,22-24,30-31,35,38,40,43,45-71H2,1-3H3,(H,83,84)(H,85,86)/b10-7-,19-16-,20-17-,21-18-,28-25-,29-26-,34-32-,36-33-,39-37-,42-27-,44-41-. The minimum Gasteiger partial charge on any atom is -0.463 e. The number of hydrogen-bond acceptors (Lipinski definition) is 14. The molecule has 4 N–H and O–H groups in total. The summed E-state index contributed by atoms with van der Waals surface area (Å²) in [6, 6.07) is 0. The predicted molar refractivity (Wildman–Crippen MR) is 390 cm³/mol. The maximum atomic E-state index is 12.9. The number of phosphoric acid groups is 2. The first-order valence-corrected chi connectivity index (χ1v) is 39.5. The average Bonchev–Trinajstić information content (AvgIpc) is 1.93. The first kappa shape index (κ1) is 90.7. The molecule has 0 radical (unpaired) electrons. The summed E-state index contributed by atoms with van der Waals surface area (Å²) in [5.74, 6) is -1.63. The van der Waals surface area contributed by atoms with Gasteiger partial charge in [-0.05, 0) is 141 Å². The molecule has 16 nitrogen and oxygen atoms in total. The Balaban J connectivity index is 4.68. The van der Waals surface area contributed by atoms with Gasteiger partial charge < -0.3 is 34.2 Å². The van der Waals surface area contributed by atoms with Gasteiger partial charge in [0.05, 0.1) is 26.4 Å². The first-order valence-electron chi connectivity index (χ1n) is 36.5. The molecule has 5 unspecified atom stereocenters. The zero-order valence-electron chi connectivity index (χ0n) is 59.0. The summed E-state index contributed by atoms with van der Waals surface area (Å²) in [5, 5.41) is 20.6. The van der Waals surface area contributed by atoms with Crippen LogP contribution in [0.4, 0.5) is 0 Å². The van der Waals surface area contributed by atoms with Crippen LogP contribution in [-0.2, 0) is 55.8 Å². The molecule has 18 heteroatoms. The number of aliphatic hydroxyl groups is 2. The van der Waals surface area contributed by atoms with Crippen LogP contribution < -0.4 is 0 Å². The van der Waals surface area contributed by atoms with Crippen molar-refractivity contribution in [1.29, 1.82) is 0 Å². The summed E-state index contributed by atoms with van der Waals surface area (Å²) >= 11 is 0. The van der Waals surface area contributed by atoms with Crippen molar-refractivity contribution in [2.45, 2.75) is 296 Å². The Labute approximate surface area is 575 Å². The molecule has 0 aromatic heterocycles. The van der Waals surface area contributed by atoms with Crippen molar-refractivity contribution in [3.8, 4) is 0 Å². The minimum atomic E-state index is -4.94. The van der Waals surface area contributed by atoms with Crippen molar-refractivity contribution in [2.24, 2.45) is 0 Å². The van der Waals surface area contributed by atoms with Crippen LogP contribution in [0.5, 0.6) is 0 Å². The number of allylic oxidation sites excluding steroid dienone is 22. The van der Waals surface area contributed by atoms with E-state index in [9.17, 15) is 43.5 Å². The molecule has 544 valence electrons. The number of aliphatic hydroxyl groups excluding tert-OH is 2. The highest BCUT2D eigenvalue weighted by Gasteiger charge is 2.29. The van der Waals surface area contributed by atoms with E-state index in [-0.39, 0.29) is 19.3 Å². The van der Waals surface area contributed by atoms with Gasteiger partial charge in [-0.15, -0.1) is 0 Å². The van der Waals surface area contributed by atoms with E-state index in [4.69, 9.17) is 32.3 Å². The largest absolute Gasteiger partial charge is 0.472 e. The smallest absolute Gasteiger partial charge is 0.463 e. The average molecular weight is 1370 g/mol. The maximum absolute atomic E-state index is 12.9. The quantitative estimate of drug-likeness (QED) is 0.0146. The van der Waals surface area contributed by atoms with Crippen LogP contribution >= 0.6 is 15.6 Å². The number of ether oxygens (including phenoxy) is 3. The number of phosphoric ester groups is 2. The Morgan fingerprint density at radius 1 is 0.305 bits per heavy atom. The van der Waals surface area contributed by atoms with Gasteiger partial charge in [0.25, 0.3) is 0 Å². The van der Waals surface area contributed by atoms with Crippen molar-refractivity contribution in [3.05, 3.63) is 134 Å². The highest BCUT2D eigenvalue weighted by Crippen LogP contribution is 2.45. The van der Waals surface area contributed by atoms with Gasteiger partial charge in [0.2, 0.25) is 0 Å². The number of carbonyl (C=O) groups is 3. The zero-order valence-corrected chi connectivity index (χ0v) is 60.8.